The Morgan fingerprint density at radius 2 is 1.51 bits per heavy atom. The lowest BCUT2D eigenvalue weighted by Crippen LogP contribution is -2.56. The van der Waals surface area contributed by atoms with E-state index in [2.05, 4.69) is 37.2 Å². The average molecular weight is 679 g/mol. The number of nitrogens with one attached hydrogen (secondary N) is 1. The summed E-state index contributed by atoms with van der Waals surface area (Å²) >= 11 is 6.81. The molecule has 0 aliphatic carbocycles. The number of sulfonamides is 1. The van der Waals surface area contributed by atoms with Crippen molar-refractivity contribution in [2.75, 3.05) is 17.1 Å². The summed E-state index contributed by atoms with van der Waals surface area (Å²) in [6, 6.07) is 22.8. The molecule has 3 aromatic rings. The van der Waals surface area contributed by atoms with Gasteiger partial charge in [-0.25, -0.2) is 8.42 Å². The standard InChI is InChI=1S/C29H33Br2N3O4S/c1-29(2,3)32-28(36)26(17-21-9-6-5-7-10-21)33(19-22-13-15-23(30)16-14-22)27(35)20-34(39(4,37)38)25-12-8-11-24(31)18-25/h5-16,18,26H,17,19-20H2,1-4H3,(H,32,36)/t26-/m1/s1. The first-order valence-electron chi connectivity index (χ1n) is 12.4. The maximum atomic E-state index is 14.1. The molecule has 0 radical (unpaired) electrons. The monoisotopic (exact) mass is 677 g/mol. The Hall–Kier alpha value is -2.69. The van der Waals surface area contributed by atoms with Crippen LogP contribution in [0, 0.1) is 0 Å². The van der Waals surface area contributed by atoms with Gasteiger partial charge in [-0.3, -0.25) is 13.9 Å². The van der Waals surface area contributed by atoms with Gasteiger partial charge < -0.3 is 10.2 Å². The van der Waals surface area contributed by atoms with Crippen molar-refractivity contribution < 1.29 is 18.0 Å². The van der Waals surface area contributed by atoms with Gasteiger partial charge in [-0.2, -0.15) is 0 Å². The highest BCUT2D eigenvalue weighted by molar-refractivity contribution is 9.10. The lowest BCUT2D eigenvalue weighted by molar-refractivity contribution is -0.140. The molecule has 0 saturated heterocycles. The van der Waals surface area contributed by atoms with Gasteiger partial charge >= 0.3 is 0 Å². The third-order valence-corrected chi connectivity index (χ3v) is 7.97. The van der Waals surface area contributed by atoms with Crippen LogP contribution >= 0.6 is 31.9 Å². The summed E-state index contributed by atoms with van der Waals surface area (Å²) in [6.07, 6.45) is 1.33. The summed E-state index contributed by atoms with van der Waals surface area (Å²) in [6.45, 7) is 5.30. The maximum absolute atomic E-state index is 14.1. The molecule has 0 unspecified atom stereocenters. The van der Waals surface area contributed by atoms with Crippen LogP contribution in [0.25, 0.3) is 0 Å². The second-order valence-corrected chi connectivity index (χ2v) is 14.1. The largest absolute Gasteiger partial charge is 0.350 e. The molecule has 0 fully saturated rings. The Morgan fingerprint density at radius 1 is 0.872 bits per heavy atom. The second kappa shape index (κ2) is 13.1. The first-order valence-corrected chi connectivity index (χ1v) is 15.8. The van der Waals surface area contributed by atoms with Crippen molar-refractivity contribution in [1.82, 2.24) is 10.2 Å². The molecule has 1 atom stereocenters. The van der Waals surface area contributed by atoms with Crippen molar-refractivity contribution in [3.8, 4) is 0 Å². The van der Waals surface area contributed by atoms with E-state index in [0.29, 0.717) is 10.2 Å². The van der Waals surface area contributed by atoms with E-state index < -0.39 is 34.1 Å². The summed E-state index contributed by atoms with van der Waals surface area (Å²) in [5.74, 6) is -0.807. The fourth-order valence-electron chi connectivity index (χ4n) is 4.04. The van der Waals surface area contributed by atoms with E-state index in [1.165, 1.54) is 4.90 Å². The zero-order chi connectivity index (χ0) is 28.8. The lowest BCUT2D eigenvalue weighted by atomic mass is 10.0. The van der Waals surface area contributed by atoms with Crippen molar-refractivity contribution in [3.63, 3.8) is 0 Å². The fraction of sp³-hybridized carbons (Fsp3) is 0.310. The number of amides is 2. The molecule has 0 bridgehead atoms. The van der Waals surface area contributed by atoms with E-state index in [1.54, 1.807) is 24.3 Å². The molecule has 0 aliphatic rings. The summed E-state index contributed by atoms with van der Waals surface area (Å²) < 4.78 is 28.3. The first kappa shape index (κ1) is 30.8. The fourth-order valence-corrected chi connectivity index (χ4v) is 5.53. The maximum Gasteiger partial charge on any atom is 0.244 e. The number of hydrogen-bond acceptors (Lipinski definition) is 4. The van der Waals surface area contributed by atoms with Gasteiger partial charge in [-0.15, -0.1) is 0 Å². The molecule has 10 heteroatoms. The van der Waals surface area contributed by atoms with Crippen LogP contribution in [0.3, 0.4) is 0 Å². The molecular weight excluding hydrogens is 646 g/mol. The Bertz CT molecular complexity index is 1390. The zero-order valence-electron chi connectivity index (χ0n) is 22.4. The predicted molar refractivity (Wildman–Crippen MR) is 163 cm³/mol. The number of carbonyl (C=O) groups is 2. The van der Waals surface area contributed by atoms with Gasteiger partial charge in [0.1, 0.15) is 12.6 Å². The number of benzene rings is 3. The number of rotatable bonds is 10. The van der Waals surface area contributed by atoms with E-state index in [4.69, 9.17) is 0 Å². The van der Waals surface area contributed by atoms with Crippen molar-refractivity contribution in [2.24, 2.45) is 0 Å². The van der Waals surface area contributed by atoms with Crippen LogP contribution in [-0.4, -0.2) is 49.5 Å². The summed E-state index contributed by atoms with van der Waals surface area (Å²) in [5, 5.41) is 3.01. The molecule has 3 aromatic carbocycles. The van der Waals surface area contributed by atoms with Gasteiger partial charge in [-0.05, 0) is 62.2 Å². The highest BCUT2D eigenvalue weighted by Crippen LogP contribution is 2.24. The molecule has 39 heavy (non-hydrogen) atoms. The van der Waals surface area contributed by atoms with Gasteiger partial charge in [0.05, 0.1) is 11.9 Å². The van der Waals surface area contributed by atoms with Crippen LogP contribution in [0.15, 0.2) is 87.8 Å². The molecular formula is C29H33Br2N3O4S. The Morgan fingerprint density at radius 3 is 2.08 bits per heavy atom. The van der Waals surface area contributed by atoms with Crippen LogP contribution in [0.1, 0.15) is 31.9 Å². The number of halogens is 2. The van der Waals surface area contributed by atoms with E-state index in [-0.39, 0.29) is 18.9 Å². The van der Waals surface area contributed by atoms with Crippen LogP contribution in [0.4, 0.5) is 5.69 Å². The third kappa shape index (κ3) is 9.47. The Kier molecular flexibility index (Phi) is 10.4. The van der Waals surface area contributed by atoms with Crippen molar-refractivity contribution in [2.45, 2.75) is 45.3 Å². The molecule has 3 rings (SSSR count). The van der Waals surface area contributed by atoms with Gasteiger partial charge in [-0.1, -0.05) is 80.4 Å². The van der Waals surface area contributed by atoms with Gasteiger partial charge in [0.25, 0.3) is 0 Å². The molecule has 208 valence electrons. The molecule has 2 amide bonds. The van der Waals surface area contributed by atoms with Crippen LogP contribution in [0.2, 0.25) is 0 Å². The summed E-state index contributed by atoms with van der Waals surface area (Å²) in [5.41, 5.74) is 1.50. The average Bonchev–Trinajstić information content (AvgIpc) is 2.84. The highest BCUT2D eigenvalue weighted by atomic mass is 79.9. The van der Waals surface area contributed by atoms with Crippen molar-refractivity contribution in [3.05, 3.63) is 98.9 Å². The zero-order valence-corrected chi connectivity index (χ0v) is 26.4. The topological polar surface area (TPSA) is 86.8 Å². The lowest BCUT2D eigenvalue weighted by Gasteiger charge is -2.35. The molecule has 0 heterocycles. The van der Waals surface area contributed by atoms with Crippen molar-refractivity contribution in [1.29, 1.82) is 0 Å². The van der Waals surface area contributed by atoms with E-state index in [1.807, 2.05) is 75.4 Å². The van der Waals surface area contributed by atoms with Gasteiger partial charge in [0, 0.05) is 27.4 Å². The normalized spacial score (nSPS) is 12.5. The Balaban J connectivity index is 2.07. The van der Waals surface area contributed by atoms with E-state index >= 15 is 0 Å². The van der Waals surface area contributed by atoms with Crippen molar-refractivity contribution >= 4 is 59.4 Å². The third-order valence-electron chi connectivity index (χ3n) is 5.81. The molecule has 7 nitrogen and oxygen atoms in total. The summed E-state index contributed by atoms with van der Waals surface area (Å²) in [4.78, 5) is 29.2. The predicted octanol–water partition coefficient (Wildman–Crippen LogP) is 5.53. The molecule has 0 aromatic heterocycles. The van der Waals surface area contributed by atoms with Crippen LogP contribution in [-0.2, 0) is 32.6 Å². The van der Waals surface area contributed by atoms with Gasteiger partial charge in [0.15, 0.2) is 0 Å². The molecule has 0 saturated carbocycles. The molecule has 1 N–H and O–H groups in total. The van der Waals surface area contributed by atoms with Gasteiger partial charge in [0.2, 0.25) is 21.8 Å². The smallest absolute Gasteiger partial charge is 0.244 e. The second-order valence-electron chi connectivity index (χ2n) is 10.3. The SMILES string of the molecule is CC(C)(C)NC(=O)[C@@H](Cc1ccccc1)N(Cc1ccc(Br)cc1)C(=O)CN(c1cccc(Br)c1)S(C)(=O)=O. The minimum Gasteiger partial charge on any atom is -0.350 e. The number of nitrogens with zero attached hydrogens (tertiary/aromatic N) is 2. The van der Waals surface area contributed by atoms with E-state index in [0.717, 1.165) is 26.2 Å². The minimum atomic E-state index is -3.82. The number of carbonyl (C=O) groups excluding carboxylic acids is 2. The Labute approximate surface area is 247 Å². The minimum absolute atomic E-state index is 0.122. The highest BCUT2D eigenvalue weighted by Gasteiger charge is 2.34. The van der Waals surface area contributed by atoms with Crippen LogP contribution < -0.4 is 9.62 Å². The quantitative estimate of drug-likeness (QED) is 0.306. The van der Waals surface area contributed by atoms with E-state index in [9.17, 15) is 18.0 Å². The number of anilines is 1. The number of hydrogen-bond donors (Lipinski definition) is 1. The first-order chi connectivity index (χ1) is 18.2. The molecule has 0 aliphatic heterocycles. The molecule has 0 spiro atoms. The van der Waals surface area contributed by atoms with Crippen LogP contribution in [0.5, 0.6) is 0 Å². The summed E-state index contributed by atoms with van der Waals surface area (Å²) in [7, 11) is -3.82.